The van der Waals surface area contributed by atoms with E-state index >= 15 is 0 Å². The van der Waals surface area contributed by atoms with Gasteiger partial charge in [0.2, 0.25) is 4.96 Å². The van der Waals surface area contributed by atoms with Gasteiger partial charge in [0.05, 0.1) is 11.3 Å². The lowest BCUT2D eigenvalue weighted by Crippen LogP contribution is -2.16. The van der Waals surface area contributed by atoms with E-state index < -0.39 is 5.97 Å². The summed E-state index contributed by atoms with van der Waals surface area (Å²) in [7, 11) is 0. The summed E-state index contributed by atoms with van der Waals surface area (Å²) in [6.07, 6.45) is 0.793. The smallest absolute Gasteiger partial charge is 0.338 e. The molecular weight excluding hydrogens is 406 g/mol. The number of nitrogens with zero attached hydrogens (tertiary/aromatic N) is 3. The van der Waals surface area contributed by atoms with E-state index in [1.54, 1.807) is 24.3 Å². The molecule has 0 radical (unpaired) electrons. The van der Waals surface area contributed by atoms with Gasteiger partial charge in [-0.25, -0.2) is 9.78 Å². The molecule has 6 nitrogen and oxygen atoms in total. The predicted molar refractivity (Wildman–Crippen MR) is 98.9 cm³/mol. The molecule has 0 aliphatic rings. The number of hydrogen-bond acceptors (Lipinski definition) is 6. The number of carbonyl (C=O) groups is 1. The number of hydrogen-bond donors (Lipinski definition) is 0. The normalized spacial score (nSPS) is 11.2. The molecule has 1 aromatic carbocycles. The lowest BCUT2D eigenvalue weighted by Gasteiger charge is -2.04. The van der Waals surface area contributed by atoms with Crippen LogP contribution >= 0.6 is 27.3 Å². The standard InChI is InChI=1S/C17H16BrN3O3S/c1-10(2)7-14-20-21-15(22)8-13(19-17(21)25-14)9-24-16(23)11-3-5-12(18)6-4-11/h3-6,8,10H,7,9H2,1-2H3. The molecule has 0 spiro atoms. The van der Waals surface area contributed by atoms with Crippen LogP contribution in [0.2, 0.25) is 0 Å². The van der Waals surface area contributed by atoms with E-state index in [1.165, 1.54) is 21.9 Å². The second-order valence-corrected chi connectivity index (χ2v) is 7.91. The van der Waals surface area contributed by atoms with Gasteiger partial charge in [-0.15, -0.1) is 0 Å². The van der Waals surface area contributed by atoms with Crippen LogP contribution in [0.1, 0.15) is 34.9 Å². The highest BCUT2D eigenvalue weighted by Crippen LogP contribution is 2.16. The molecule has 0 fully saturated rings. The van der Waals surface area contributed by atoms with Gasteiger partial charge in [-0.2, -0.15) is 9.61 Å². The summed E-state index contributed by atoms with van der Waals surface area (Å²) in [5, 5.41) is 5.16. The van der Waals surface area contributed by atoms with Crippen LogP contribution in [0.3, 0.4) is 0 Å². The fourth-order valence-corrected chi connectivity index (χ4v) is 3.60. The van der Waals surface area contributed by atoms with Crippen LogP contribution in [0.5, 0.6) is 0 Å². The number of halogens is 1. The van der Waals surface area contributed by atoms with Crippen LogP contribution in [0, 0.1) is 5.92 Å². The second kappa shape index (κ2) is 7.45. The van der Waals surface area contributed by atoms with Crippen molar-refractivity contribution in [3.05, 3.63) is 61.4 Å². The van der Waals surface area contributed by atoms with Gasteiger partial charge in [-0.1, -0.05) is 41.1 Å². The van der Waals surface area contributed by atoms with Crippen molar-refractivity contribution in [2.45, 2.75) is 26.9 Å². The molecule has 0 aliphatic carbocycles. The Labute approximate surface area is 156 Å². The first-order valence-electron chi connectivity index (χ1n) is 7.74. The van der Waals surface area contributed by atoms with Gasteiger partial charge in [0.25, 0.3) is 5.56 Å². The maximum atomic E-state index is 12.2. The Morgan fingerprint density at radius 3 is 2.72 bits per heavy atom. The number of fused-ring (bicyclic) bond motifs is 1. The molecule has 0 N–H and O–H groups in total. The Morgan fingerprint density at radius 1 is 1.32 bits per heavy atom. The molecule has 0 amide bonds. The van der Waals surface area contributed by atoms with Crippen molar-refractivity contribution in [2.75, 3.05) is 0 Å². The van der Waals surface area contributed by atoms with Crippen molar-refractivity contribution in [3.63, 3.8) is 0 Å². The van der Waals surface area contributed by atoms with Crippen LogP contribution in [-0.2, 0) is 17.8 Å². The van der Waals surface area contributed by atoms with Crippen LogP contribution in [0.25, 0.3) is 4.96 Å². The van der Waals surface area contributed by atoms with E-state index in [0.717, 1.165) is 15.9 Å². The number of esters is 1. The van der Waals surface area contributed by atoms with Gasteiger partial charge in [-0.05, 0) is 30.2 Å². The monoisotopic (exact) mass is 421 g/mol. The SMILES string of the molecule is CC(C)Cc1nn2c(=O)cc(COC(=O)c3ccc(Br)cc3)nc2s1. The summed E-state index contributed by atoms with van der Waals surface area (Å²) in [5.74, 6) is -0.0121. The minimum Gasteiger partial charge on any atom is -0.456 e. The topological polar surface area (TPSA) is 73.6 Å². The van der Waals surface area contributed by atoms with Crippen LogP contribution in [-0.4, -0.2) is 20.6 Å². The van der Waals surface area contributed by atoms with Gasteiger partial charge >= 0.3 is 5.97 Å². The molecule has 2 aromatic heterocycles. The minimum atomic E-state index is -0.459. The van der Waals surface area contributed by atoms with Crippen LogP contribution in [0.15, 0.2) is 39.6 Å². The number of ether oxygens (including phenoxy) is 1. The fraction of sp³-hybridized carbons (Fsp3) is 0.294. The Morgan fingerprint density at radius 2 is 2.04 bits per heavy atom. The van der Waals surface area contributed by atoms with E-state index in [0.29, 0.717) is 22.1 Å². The maximum Gasteiger partial charge on any atom is 0.338 e. The van der Waals surface area contributed by atoms with Crippen LogP contribution < -0.4 is 5.56 Å². The summed E-state index contributed by atoms with van der Waals surface area (Å²) < 4.78 is 7.42. The Kier molecular flexibility index (Phi) is 5.29. The summed E-state index contributed by atoms with van der Waals surface area (Å²) in [5.41, 5.74) is 0.583. The molecule has 0 bridgehead atoms. The Balaban J connectivity index is 1.76. The molecule has 2 heterocycles. The lowest BCUT2D eigenvalue weighted by atomic mass is 10.1. The summed E-state index contributed by atoms with van der Waals surface area (Å²) >= 11 is 4.70. The van der Waals surface area contributed by atoms with Crippen molar-refractivity contribution >= 4 is 38.2 Å². The zero-order valence-electron chi connectivity index (χ0n) is 13.7. The van der Waals surface area contributed by atoms with Gasteiger partial charge in [-0.3, -0.25) is 4.79 Å². The first-order chi connectivity index (χ1) is 11.9. The zero-order chi connectivity index (χ0) is 18.0. The van der Waals surface area contributed by atoms with E-state index in [9.17, 15) is 9.59 Å². The predicted octanol–water partition coefficient (Wildman–Crippen LogP) is 3.47. The van der Waals surface area contributed by atoms with E-state index in [2.05, 4.69) is 39.9 Å². The molecule has 3 rings (SSSR count). The number of rotatable bonds is 5. The average Bonchev–Trinajstić information content (AvgIpc) is 2.95. The molecule has 0 atom stereocenters. The quantitative estimate of drug-likeness (QED) is 0.589. The molecule has 0 unspecified atom stereocenters. The minimum absolute atomic E-state index is 0.0575. The van der Waals surface area contributed by atoms with E-state index in [-0.39, 0.29) is 12.2 Å². The molecular formula is C17H16BrN3O3S. The lowest BCUT2D eigenvalue weighted by molar-refractivity contribution is 0.0467. The van der Waals surface area contributed by atoms with Gasteiger partial charge in [0.1, 0.15) is 11.6 Å². The molecule has 130 valence electrons. The highest BCUT2D eigenvalue weighted by atomic mass is 79.9. The summed E-state index contributed by atoms with van der Waals surface area (Å²) in [6.45, 7) is 4.13. The van der Waals surface area contributed by atoms with Gasteiger partial charge < -0.3 is 4.74 Å². The largest absolute Gasteiger partial charge is 0.456 e. The van der Waals surface area contributed by atoms with Gasteiger partial charge in [0.15, 0.2) is 0 Å². The Bertz CT molecular complexity index is 963. The third-order valence-electron chi connectivity index (χ3n) is 3.35. The Hall–Kier alpha value is -2.06. The van der Waals surface area contributed by atoms with E-state index in [1.807, 2.05) is 0 Å². The van der Waals surface area contributed by atoms with Crippen molar-refractivity contribution in [2.24, 2.45) is 5.92 Å². The number of carbonyl (C=O) groups excluding carboxylic acids is 1. The number of benzene rings is 1. The first kappa shape index (κ1) is 17.8. The van der Waals surface area contributed by atoms with Crippen LogP contribution in [0.4, 0.5) is 0 Å². The molecule has 25 heavy (non-hydrogen) atoms. The molecule has 8 heteroatoms. The van der Waals surface area contributed by atoms with Crippen molar-refractivity contribution in [1.29, 1.82) is 0 Å². The highest BCUT2D eigenvalue weighted by molar-refractivity contribution is 9.10. The molecule has 0 saturated heterocycles. The maximum absolute atomic E-state index is 12.2. The molecule has 3 aromatic rings. The van der Waals surface area contributed by atoms with Crippen molar-refractivity contribution < 1.29 is 9.53 Å². The summed E-state index contributed by atoms with van der Waals surface area (Å²) in [4.78, 5) is 29.1. The fourth-order valence-electron chi connectivity index (χ4n) is 2.21. The van der Waals surface area contributed by atoms with Gasteiger partial charge in [0, 0.05) is 17.0 Å². The highest BCUT2D eigenvalue weighted by Gasteiger charge is 2.12. The third kappa shape index (κ3) is 4.32. The third-order valence-corrected chi connectivity index (χ3v) is 4.81. The second-order valence-electron chi connectivity index (χ2n) is 5.96. The first-order valence-corrected chi connectivity index (χ1v) is 9.34. The number of aromatic nitrogens is 3. The van der Waals surface area contributed by atoms with Crippen molar-refractivity contribution in [1.82, 2.24) is 14.6 Å². The molecule has 0 saturated carbocycles. The molecule has 0 aliphatic heterocycles. The van der Waals surface area contributed by atoms with Crippen molar-refractivity contribution in [3.8, 4) is 0 Å². The summed E-state index contributed by atoms with van der Waals surface area (Å²) in [6, 6.07) is 8.21. The zero-order valence-corrected chi connectivity index (χ0v) is 16.1. The average molecular weight is 422 g/mol. The van der Waals surface area contributed by atoms with E-state index in [4.69, 9.17) is 4.74 Å².